The van der Waals surface area contributed by atoms with Gasteiger partial charge in [0.2, 0.25) is 0 Å². The molecular formula is C20H31N3O2. The van der Waals surface area contributed by atoms with E-state index >= 15 is 0 Å². The average Bonchev–Trinajstić information content (AvgIpc) is 3.24. The van der Waals surface area contributed by atoms with Crippen LogP contribution in [0.1, 0.15) is 50.7 Å². The molecule has 0 aliphatic carbocycles. The van der Waals surface area contributed by atoms with Gasteiger partial charge in [0, 0.05) is 13.2 Å². The zero-order chi connectivity index (χ0) is 17.5. The second kappa shape index (κ2) is 9.20. The summed E-state index contributed by atoms with van der Waals surface area (Å²) in [6.07, 6.45) is 5.31. The summed E-state index contributed by atoms with van der Waals surface area (Å²) in [5.41, 5.74) is 2.44. The summed E-state index contributed by atoms with van der Waals surface area (Å²) in [4.78, 5) is 4.80. The fraction of sp³-hybridized carbons (Fsp3) is 0.650. The Kier molecular flexibility index (Phi) is 6.70. The predicted octanol–water partition coefficient (Wildman–Crippen LogP) is 2.99. The highest BCUT2D eigenvalue weighted by Gasteiger charge is 2.41. The van der Waals surface area contributed by atoms with E-state index in [2.05, 4.69) is 48.7 Å². The van der Waals surface area contributed by atoms with Crippen LogP contribution < -0.4 is 10.6 Å². The van der Waals surface area contributed by atoms with E-state index in [1.54, 1.807) is 0 Å². The quantitative estimate of drug-likeness (QED) is 0.432. The van der Waals surface area contributed by atoms with Crippen molar-refractivity contribution in [3.05, 3.63) is 35.4 Å². The van der Waals surface area contributed by atoms with Crippen LogP contribution >= 0.6 is 0 Å². The van der Waals surface area contributed by atoms with E-state index < -0.39 is 0 Å². The van der Waals surface area contributed by atoms with Gasteiger partial charge in [-0.3, -0.25) is 0 Å². The Morgan fingerprint density at radius 1 is 1.24 bits per heavy atom. The minimum atomic E-state index is 0.351. The lowest BCUT2D eigenvalue weighted by atomic mass is 9.96. The molecule has 2 fully saturated rings. The zero-order valence-corrected chi connectivity index (χ0v) is 15.5. The summed E-state index contributed by atoms with van der Waals surface area (Å²) in [7, 11) is 0. The van der Waals surface area contributed by atoms with E-state index in [0.29, 0.717) is 31.4 Å². The van der Waals surface area contributed by atoms with Gasteiger partial charge in [-0.2, -0.15) is 0 Å². The Morgan fingerprint density at radius 2 is 2.08 bits per heavy atom. The predicted molar refractivity (Wildman–Crippen MR) is 101 cm³/mol. The van der Waals surface area contributed by atoms with Crippen LogP contribution in [0.5, 0.6) is 0 Å². The van der Waals surface area contributed by atoms with Gasteiger partial charge >= 0.3 is 0 Å². The Bertz CT molecular complexity index is 576. The summed E-state index contributed by atoms with van der Waals surface area (Å²) in [6.45, 7) is 7.19. The molecule has 0 saturated carbocycles. The molecule has 1 aromatic carbocycles. The normalized spacial score (nSPS) is 25.4. The second-order valence-corrected chi connectivity index (χ2v) is 6.88. The van der Waals surface area contributed by atoms with Crippen molar-refractivity contribution in [2.45, 2.75) is 70.9 Å². The fourth-order valence-electron chi connectivity index (χ4n) is 3.63. The third-order valence-electron chi connectivity index (χ3n) is 4.90. The molecule has 25 heavy (non-hydrogen) atoms. The van der Waals surface area contributed by atoms with Crippen molar-refractivity contribution in [2.75, 3.05) is 13.2 Å². The molecule has 2 aliphatic heterocycles. The highest BCUT2D eigenvalue weighted by Crippen LogP contribution is 2.34. The summed E-state index contributed by atoms with van der Waals surface area (Å²) in [6, 6.07) is 8.79. The van der Waals surface area contributed by atoms with Gasteiger partial charge in [-0.1, -0.05) is 31.2 Å². The Labute approximate surface area is 151 Å². The molecule has 2 N–H and O–H groups in total. The molecule has 5 nitrogen and oxygen atoms in total. The van der Waals surface area contributed by atoms with Gasteiger partial charge in [0.25, 0.3) is 0 Å². The summed E-state index contributed by atoms with van der Waals surface area (Å²) in [5, 5.41) is 6.94. The van der Waals surface area contributed by atoms with Crippen molar-refractivity contribution < 1.29 is 9.47 Å². The molecule has 0 radical (unpaired) electrons. The molecule has 138 valence electrons. The molecule has 1 aromatic rings. The van der Waals surface area contributed by atoms with E-state index in [1.165, 1.54) is 24.0 Å². The minimum Gasteiger partial charge on any atom is -0.377 e. The number of nitrogens with one attached hydrogen (secondary N) is 2. The number of rotatable bonds is 8. The maximum absolute atomic E-state index is 5.94. The fourth-order valence-corrected chi connectivity index (χ4v) is 3.63. The van der Waals surface area contributed by atoms with Crippen LogP contribution in [0, 0.1) is 0 Å². The first-order chi connectivity index (χ1) is 12.3. The largest absolute Gasteiger partial charge is 0.377 e. The first-order valence-corrected chi connectivity index (χ1v) is 9.65. The molecule has 2 saturated heterocycles. The topological polar surface area (TPSA) is 54.9 Å². The number of benzene rings is 1. The molecule has 0 aromatic heterocycles. The summed E-state index contributed by atoms with van der Waals surface area (Å²) in [5.74, 6) is 0.882. The molecule has 2 bridgehead atoms. The van der Waals surface area contributed by atoms with Crippen LogP contribution in [0.25, 0.3) is 0 Å². The van der Waals surface area contributed by atoms with Crippen molar-refractivity contribution in [3.63, 3.8) is 0 Å². The number of guanidine groups is 1. The number of hydrogen-bond acceptors (Lipinski definition) is 3. The van der Waals surface area contributed by atoms with E-state index in [-0.39, 0.29) is 0 Å². The molecule has 2 heterocycles. The lowest BCUT2D eigenvalue weighted by Gasteiger charge is -2.22. The van der Waals surface area contributed by atoms with Crippen LogP contribution in [0.2, 0.25) is 0 Å². The minimum absolute atomic E-state index is 0.351. The average molecular weight is 345 g/mol. The van der Waals surface area contributed by atoms with Crippen LogP contribution in [0.3, 0.4) is 0 Å². The summed E-state index contributed by atoms with van der Waals surface area (Å²) >= 11 is 0. The lowest BCUT2D eigenvalue weighted by molar-refractivity contribution is 0.0992. The number of aliphatic imine (C=N–C) groups is 1. The first kappa shape index (κ1) is 18.2. The second-order valence-electron chi connectivity index (χ2n) is 6.88. The molecule has 3 unspecified atom stereocenters. The van der Waals surface area contributed by atoms with Gasteiger partial charge in [-0.25, -0.2) is 4.99 Å². The van der Waals surface area contributed by atoms with Gasteiger partial charge in [0.05, 0.1) is 31.4 Å². The van der Waals surface area contributed by atoms with E-state index in [4.69, 9.17) is 14.5 Å². The number of hydrogen-bond donors (Lipinski definition) is 2. The van der Waals surface area contributed by atoms with E-state index in [9.17, 15) is 0 Å². The highest BCUT2D eigenvalue weighted by atomic mass is 16.5. The third kappa shape index (κ3) is 4.95. The molecular weight excluding hydrogens is 314 g/mol. The summed E-state index contributed by atoms with van der Waals surface area (Å²) < 4.78 is 11.6. The zero-order valence-electron chi connectivity index (χ0n) is 15.5. The lowest BCUT2D eigenvalue weighted by Crippen LogP contribution is -2.47. The smallest absolute Gasteiger partial charge is 0.191 e. The number of nitrogens with zero attached hydrogens (tertiary/aromatic N) is 1. The molecule has 3 rings (SSSR count). The molecule has 0 spiro atoms. The van der Waals surface area contributed by atoms with Gasteiger partial charge in [-0.05, 0) is 43.7 Å². The molecule has 3 atom stereocenters. The van der Waals surface area contributed by atoms with Crippen molar-refractivity contribution >= 4 is 5.96 Å². The molecule has 2 aliphatic rings. The van der Waals surface area contributed by atoms with E-state index in [1.807, 2.05) is 0 Å². The van der Waals surface area contributed by atoms with Crippen LogP contribution in [-0.4, -0.2) is 37.4 Å². The maximum atomic E-state index is 5.94. The molecule has 0 amide bonds. The van der Waals surface area contributed by atoms with Crippen molar-refractivity contribution in [1.29, 1.82) is 0 Å². The van der Waals surface area contributed by atoms with Gasteiger partial charge in [0.1, 0.15) is 0 Å². The van der Waals surface area contributed by atoms with Crippen molar-refractivity contribution in [1.82, 2.24) is 10.6 Å². The van der Waals surface area contributed by atoms with Gasteiger partial charge in [0.15, 0.2) is 5.96 Å². The highest BCUT2D eigenvalue weighted by molar-refractivity contribution is 5.80. The Morgan fingerprint density at radius 3 is 2.76 bits per heavy atom. The van der Waals surface area contributed by atoms with Crippen molar-refractivity contribution in [2.24, 2.45) is 4.99 Å². The van der Waals surface area contributed by atoms with Crippen LogP contribution in [0.15, 0.2) is 29.3 Å². The SMILES string of the molecule is CCCOCc1ccccc1CN=C(NCC)NC1CC2CCC1O2. The first-order valence-electron chi connectivity index (χ1n) is 9.65. The standard InChI is InChI=1S/C20H31N3O2/c1-3-11-24-14-16-8-6-5-7-15(16)13-22-20(21-4-2)23-18-12-17-9-10-19(18)25-17/h5-8,17-19H,3-4,9-14H2,1-2H3,(H2,21,22,23). The Balaban J connectivity index is 1.61. The van der Waals surface area contributed by atoms with Crippen LogP contribution in [-0.2, 0) is 22.6 Å². The van der Waals surface area contributed by atoms with Gasteiger partial charge < -0.3 is 20.1 Å². The third-order valence-corrected chi connectivity index (χ3v) is 4.90. The number of ether oxygens (including phenoxy) is 2. The van der Waals surface area contributed by atoms with Crippen molar-refractivity contribution in [3.8, 4) is 0 Å². The van der Waals surface area contributed by atoms with E-state index in [0.717, 1.165) is 32.0 Å². The van der Waals surface area contributed by atoms with Gasteiger partial charge in [-0.15, -0.1) is 0 Å². The molecule has 5 heteroatoms. The van der Waals surface area contributed by atoms with Crippen LogP contribution in [0.4, 0.5) is 0 Å². The Hall–Kier alpha value is -1.59. The number of fused-ring (bicyclic) bond motifs is 2. The maximum Gasteiger partial charge on any atom is 0.191 e. The monoisotopic (exact) mass is 345 g/mol.